The van der Waals surface area contributed by atoms with Crippen molar-refractivity contribution >= 4 is 21.6 Å². The molecule has 6 heteroatoms. The molecule has 1 atom stereocenters. The van der Waals surface area contributed by atoms with Crippen molar-refractivity contribution in [3.63, 3.8) is 0 Å². The minimum absolute atomic E-state index is 0.212. The maximum absolute atomic E-state index is 13.0. The van der Waals surface area contributed by atoms with E-state index in [1.165, 1.54) is 12.1 Å². The van der Waals surface area contributed by atoms with E-state index in [2.05, 4.69) is 25.7 Å². The maximum atomic E-state index is 13.0. The largest absolute Gasteiger partial charge is 0.491 e. The Morgan fingerprint density at radius 1 is 1.00 bits per heavy atom. The number of nitrogens with zero attached hydrogens (tertiary/aromatic N) is 2. The van der Waals surface area contributed by atoms with Crippen molar-refractivity contribution in [3.05, 3.63) is 58.8 Å². The second-order valence-electron chi connectivity index (χ2n) is 6.18. The van der Waals surface area contributed by atoms with E-state index in [0.717, 1.165) is 42.1 Å². The van der Waals surface area contributed by atoms with Gasteiger partial charge in [0.05, 0.1) is 0 Å². The molecule has 0 aromatic heterocycles. The van der Waals surface area contributed by atoms with Crippen LogP contribution in [-0.2, 0) is 0 Å². The van der Waals surface area contributed by atoms with Crippen LogP contribution in [0.25, 0.3) is 0 Å². The molecule has 4 nitrogen and oxygen atoms in total. The Balaban J connectivity index is 1.40. The van der Waals surface area contributed by atoms with Crippen LogP contribution in [0.4, 0.5) is 10.1 Å². The smallest absolute Gasteiger partial charge is 0.123 e. The number of hydrogen-bond donors (Lipinski definition) is 1. The molecule has 1 N–H and O–H groups in total. The molecule has 1 heterocycles. The molecule has 2 aromatic carbocycles. The second-order valence-corrected chi connectivity index (χ2v) is 7.10. The second kappa shape index (κ2) is 8.65. The molecule has 134 valence electrons. The fraction of sp³-hybridized carbons (Fsp3) is 0.368. The molecular formula is C19H22BrFN2O2. The van der Waals surface area contributed by atoms with E-state index < -0.39 is 6.10 Å². The first-order chi connectivity index (χ1) is 12.1. The number of aliphatic hydroxyl groups excluding tert-OH is 1. The summed E-state index contributed by atoms with van der Waals surface area (Å²) < 4.78 is 19.6. The summed E-state index contributed by atoms with van der Waals surface area (Å²) in [4.78, 5) is 4.47. The van der Waals surface area contributed by atoms with Crippen LogP contribution in [0.15, 0.2) is 53.0 Å². The molecule has 1 saturated heterocycles. The van der Waals surface area contributed by atoms with Gasteiger partial charge in [0.25, 0.3) is 0 Å². The average Bonchev–Trinajstić information content (AvgIpc) is 2.63. The van der Waals surface area contributed by atoms with Crippen LogP contribution in [0.5, 0.6) is 5.75 Å². The molecule has 0 spiro atoms. The Morgan fingerprint density at radius 3 is 2.28 bits per heavy atom. The highest BCUT2D eigenvalue weighted by molar-refractivity contribution is 9.10. The van der Waals surface area contributed by atoms with Gasteiger partial charge >= 0.3 is 0 Å². The molecule has 2 aromatic rings. The number of hydrogen-bond acceptors (Lipinski definition) is 4. The van der Waals surface area contributed by atoms with Crippen molar-refractivity contribution in [3.8, 4) is 5.75 Å². The first-order valence-electron chi connectivity index (χ1n) is 8.39. The third-order valence-electron chi connectivity index (χ3n) is 4.29. The number of halogens is 2. The number of aliphatic hydroxyl groups is 1. The first kappa shape index (κ1) is 18.2. The van der Waals surface area contributed by atoms with E-state index in [-0.39, 0.29) is 12.4 Å². The Hall–Kier alpha value is -1.63. The minimum Gasteiger partial charge on any atom is -0.491 e. The van der Waals surface area contributed by atoms with Crippen LogP contribution < -0.4 is 9.64 Å². The Morgan fingerprint density at radius 2 is 1.64 bits per heavy atom. The number of ether oxygens (including phenoxy) is 1. The van der Waals surface area contributed by atoms with E-state index >= 15 is 0 Å². The van der Waals surface area contributed by atoms with Crippen molar-refractivity contribution in [2.24, 2.45) is 0 Å². The summed E-state index contributed by atoms with van der Waals surface area (Å²) in [6.07, 6.45) is -0.527. The standard InChI is InChI=1S/C19H22BrFN2O2/c20-15-1-7-19(8-2-15)25-14-18(24)13-22-9-11-23(12-10-22)17-5-3-16(21)4-6-17/h1-8,18,24H,9-14H2. The van der Waals surface area contributed by atoms with Gasteiger partial charge in [0.2, 0.25) is 0 Å². The predicted octanol–water partition coefficient (Wildman–Crippen LogP) is 3.15. The predicted molar refractivity (Wildman–Crippen MR) is 101 cm³/mol. The zero-order valence-corrected chi connectivity index (χ0v) is 15.5. The number of β-amino-alcohol motifs (C(OH)–C–C–N with tert-alkyl or cyclic N) is 1. The summed E-state index contributed by atoms with van der Waals surface area (Å²) in [6.45, 7) is 4.34. The molecule has 25 heavy (non-hydrogen) atoms. The van der Waals surface area contributed by atoms with Crippen LogP contribution >= 0.6 is 15.9 Å². The van der Waals surface area contributed by atoms with Crippen molar-refractivity contribution in [1.82, 2.24) is 4.90 Å². The van der Waals surface area contributed by atoms with Crippen LogP contribution in [-0.4, -0.2) is 55.4 Å². The van der Waals surface area contributed by atoms with E-state index in [0.29, 0.717) is 6.54 Å². The SMILES string of the molecule is OC(COc1ccc(Br)cc1)CN1CCN(c2ccc(F)cc2)CC1. The van der Waals surface area contributed by atoms with Crippen molar-refractivity contribution < 1.29 is 14.2 Å². The van der Waals surface area contributed by atoms with Crippen molar-refractivity contribution in [2.75, 3.05) is 44.2 Å². The lowest BCUT2D eigenvalue weighted by Crippen LogP contribution is -2.49. The van der Waals surface area contributed by atoms with Crippen LogP contribution in [0, 0.1) is 5.82 Å². The fourth-order valence-electron chi connectivity index (χ4n) is 2.91. The first-order valence-corrected chi connectivity index (χ1v) is 9.19. The summed E-state index contributed by atoms with van der Waals surface area (Å²) in [5, 5.41) is 10.2. The minimum atomic E-state index is -0.527. The molecule has 1 unspecified atom stereocenters. The van der Waals surface area contributed by atoms with Gasteiger partial charge in [-0.1, -0.05) is 15.9 Å². The van der Waals surface area contributed by atoms with E-state index in [1.54, 1.807) is 0 Å². The zero-order valence-electron chi connectivity index (χ0n) is 13.9. The highest BCUT2D eigenvalue weighted by Crippen LogP contribution is 2.18. The van der Waals surface area contributed by atoms with Crippen molar-refractivity contribution in [2.45, 2.75) is 6.10 Å². The van der Waals surface area contributed by atoms with Gasteiger partial charge in [-0.05, 0) is 48.5 Å². The highest BCUT2D eigenvalue weighted by Gasteiger charge is 2.19. The number of benzene rings is 2. The molecule has 0 bridgehead atoms. The summed E-state index contributed by atoms with van der Waals surface area (Å²) in [6, 6.07) is 14.2. The molecule has 1 fully saturated rings. The summed E-state index contributed by atoms with van der Waals surface area (Å²) in [7, 11) is 0. The molecule has 1 aliphatic heterocycles. The quantitative estimate of drug-likeness (QED) is 0.796. The van der Waals surface area contributed by atoms with Gasteiger partial charge in [0.15, 0.2) is 0 Å². The number of anilines is 1. The molecule has 3 rings (SSSR count). The Kier molecular flexibility index (Phi) is 6.29. The van der Waals surface area contributed by atoms with Crippen LogP contribution in [0.3, 0.4) is 0 Å². The molecule has 0 radical (unpaired) electrons. The van der Waals surface area contributed by atoms with Gasteiger partial charge in [0, 0.05) is 42.9 Å². The molecule has 1 aliphatic rings. The number of piperazine rings is 1. The summed E-state index contributed by atoms with van der Waals surface area (Å²) in [5.41, 5.74) is 1.04. The van der Waals surface area contributed by atoms with Gasteiger partial charge in [-0.3, -0.25) is 4.90 Å². The molecular weight excluding hydrogens is 387 g/mol. The lowest BCUT2D eigenvalue weighted by Gasteiger charge is -2.36. The highest BCUT2D eigenvalue weighted by atomic mass is 79.9. The number of rotatable bonds is 6. The van der Waals surface area contributed by atoms with Crippen molar-refractivity contribution in [1.29, 1.82) is 0 Å². The summed E-state index contributed by atoms with van der Waals surface area (Å²) in [5.74, 6) is 0.541. The van der Waals surface area contributed by atoms with Gasteiger partial charge in [-0.2, -0.15) is 0 Å². The van der Waals surface area contributed by atoms with Crippen LogP contribution in [0.2, 0.25) is 0 Å². The topological polar surface area (TPSA) is 35.9 Å². The van der Waals surface area contributed by atoms with Crippen LogP contribution in [0.1, 0.15) is 0 Å². The fourth-order valence-corrected chi connectivity index (χ4v) is 3.18. The average molecular weight is 409 g/mol. The normalized spacial score (nSPS) is 16.7. The van der Waals surface area contributed by atoms with Gasteiger partial charge in [-0.25, -0.2) is 4.39 Å². The third-order valence-corrected chi connectivity index (χ3v) is 4.82. The van der Waals surface area contributed by atoms with E-state index in [9.17, 15) is 9.50 Å². The third kappa shape index (κ3) is 5.42. The van der Waals surface area contributed by atoms with Gasteiger partial charge in [0.1, 0.15) is 24.3 Å². The molecule has 0 aliphatic carbocycles. The monoisotopic (exact) mass is 408 g/mol. The van der Waals surface area contributed by atoms with E-state index in [4.69, 9.17) is 4.74 Å². The maximum Gasteiger partial charge on any atom is 0.123 e. The Bertz CT molecular complexity index is 658. The van der Waals surface area contributed by atoms with Gasteiger partial charge in [-0.15, -0.1) is 0 Å². The molecule has 0 amide bonds. The van der Waals surface area contributed by atoms with Gasteiger partial charge < -0.3 is 14.7 Å². The summed E-state index contributed by atoms with van der Waals surface area (Å²) >= 11 is 3.38. The Labute approximate surface area is 155 Å². The molecule has 0 saturated carbocycles. The lowest BCUT2D eigenvalue weighted by atomic mass is 10.2. The zero-order chi connectivity index (χ0) is 17.6. The van der Waals surface area contributed by atoms with E-state index in [1.807, 2.05) is 36.4 Å². The lowest BCUT2D eigenvalue weighted by molar-refractivity contribution is 0.0663.